The van der Waals surface area contributed by atoms with Crippen LogP contribution < -0.4 is 14.8 Å². The molecule has 2 aromatic carbocycles. The minimum atomic E-state index is -3.85. The Labute approximate surface area is 189 Å². The molecule has 0 saturated heterocycles. The number of hydrogen-bond donors (Lipinski definition) is 2. The number of nitrogens with one attached hydrogen (secondary N) is 2. The molecule has 3 aromatic rings. The van der Waals surface area contributed by atoms with Crippen LogP contribution in [-0.2, 0) is 10.0 Å². The van der Waals surface area contributed by atoms with Crippen molar-refractivity contribution in [3.05, 3.63) is 59.2 Å². The highest BCUT2D eigenvalue weighted by atomic mass is 32.2. The van der Waals surface area contributed by atoms with E-state index in [0.29, 0.717) is 16.4 Å². The van der Waals surface area contributed by atoms with Crippen LogP contribution in [0, 0.1) is 5.82 Å². The lowest BCUT2D eigenvalue weighted by Crippen LogP contribution is -2.33. The first-order valence-corrected chi connectivity index (χ1v) is 12.5. The van der Waals surface area contributed by atoms with Crippen LogP contribution in [0.4, 0.5) is 9.52 Å². The number of rotatable bonds is 7. The first kappa shape index (κ1) is 22.4. The zero-order valence-corrected chi connectivity index (χ0v) is 18.9. The molecule has 2 N–H and O–H groups in total. The summed E-state index contributed by atoms with van der Waals surface area (Å²) >= 11 is 1.19. The Bertz CT molecular complexity index is 1240. The Morgan fingerprint density at radius 3 is 2.69 bits per heavy atom. The SMILES string of the molecule is COc1ccc(C(=O)Nc2nc(-c3cccc(F)c3)cs2)cc1S(=O)(=O)NC1CCCC1. The van der Waals surface area contributed by atoms with Gasteiger partial charge >= 0.3 is 0 Å². The number of sulfonamides is 1. The normalized spacial score (nSPS) is 14.4. The third-order valence-electron chi connectivity index (χ3n) is 5.24. The van der Waals surface area contributed by atoms with E-state index in [0.717, 1.165) is 25.7 Å². The number of nitrogens with zero attached hydrogens (tertiary/aromatic N) is 1. The highest BCUT2D eigenvalue weighted by molar-refractivity contribution is 7.89. The monoisotopic (exact) mass is 475 g/mol. The van der Waals surface area contributed by atoms with Gasteiger partial charge < -0.3 is 4.74 Å². The maximum absolute atomic E-state index is 13.5. The molecule has 168 valence electrons. The van der Waals surface area contributed by atoms with Gasteiger partial charge in [-0.25, -0.2) is 22.5 Å². The minimum Gasteiger partial charge on any atom is -0.495 e. The predicted octanol–water partition coefficient (Wildman–Crippen LogP) is 4.43. The van der Waals surface area contributed by atoms with Crippen molar-refractivity contribution in [2.75, 3.05) is 12.4 Å². The van der Waals surface area contributed by atoms with E-state index >= 15 is 0 Å². The lowest BCUT2D eigenvalue weighted by Gasteiger charge is -2.15. The molecule has 1 amide bonds. The summed E-state index contributed by atoms with van der Waals surface area (Å²) in [6.45, 7) is 0. The molecule has 0 radical (unpaired) electrons. The molecule has 0 bridgehead atoms. The van der Waals surface area contributed by atoms with Crippen molar-refractivity contribution in [2.45, 2.75) is 36.6 Å². The highest BCUT2D eigenvalue weighted by Gasteiger charge is 2.26. The van der Waals surface area contributed by atoms with Crippen molar-refractivity contribution in [3.63, 3.8) is 0 Å². The fourth-order valence-electron chi connectivity index (χ4n) is 3.64. The number of halogens is 1. The highest BCUT2D eigenvalue weighted by Crippen LogP contribution is 2.29. The maximum atomic E-state index is 13.5. The molecule has 0 unspecified atom stereocenters. The fourth-order valence-corrected chi connectivity index (χ4v) is 5.85. The number of carbonyl (C=O) groups is 1. The second-order valence-electron chi connectivity index (χ2n) is 7.47. The molecule has 1 heterocycles. The standard InChI is InChI=1S/C22H22FN3O4S2/c1-30-19-10-9-15(12-20(19)32(28,29)26-17-7-2-3-8-17)21(27)25-22-24-18(13-31-22)14-5-4-6-16(23)11-14/h4-6,9-13,17,26H,2-3,7-8H2,1H3,(H,24,25,27). The Kier molecular flexibility index (Phi) is 6.54. The number of thiazole rings is 1. The van der Waals surface area contributed by atoms with E-state index in [9.17, 15) is 17.6 Å². The first-order valence-electron chi connectivity index (χ1n) is 10.1. The summed E-state index contributed by atoms with van der Waals surface area (Å²) in [4.78, 5) is 17.0. The van der Waals surface area contributed by atoms with Crippen molar-refractivity contribution in [2.24, 2.45) is 0 Å². The van der Waals surface area contributed by atoms with E-state index in [-0.39, 0.29) is 28.1 Å². The predicted molar refractivity (Wildman–Crippen MR) is 121 cm³/mol. The summed E-state index contributed by atoms with van der Waals surface area (Å²) in [6.07, 6.45) is 3.55. The maximum Gasteiger partial charge on any atom is 0.257 e. The lowest BCUT2D eigenvalue weighted by atomic mass is 10.2. The quantitative estimate of drug-likeness (QED) is 0.527. The van der Waals surface area contributed by atoms with E-state index in [4.69, 9.17) is 4.74 Å². The van der Waals surface area contributed by atoms with Crippen LogP contribution in [-0.4, -0.2) is 32.5 Å². The first-order chi connectivity index (χ1) is 15.4. The molecule has 0 aliphatic heterocycles. The number of hydrogen-bond acceptors (Lipinski definition) is 6. The third kappa shape index (κ3) is 4.98. The topological polar surface area (TPSA) is 97.4 Å². The van der Waals surface area contributed by atoms with Crippen LogP contribution in [0.3, 0.4) is 0 Å². The molecular formula is C22H22FN3O4S2. The van der Waals surface area contributed by atoms with Crippen LogP contribution in [0.1, 0.15) is 36.0 Å². The van der Waals surface area contributed by atoms with Gasteiger partial charge in [0.2, 0.25) is 10.0 Å². The van der Waals surface area contributed by atoms with Crippen molar-refractivity contribution >= 4 is 32.4 Å². The Balaban J connectivity index is 1.55. The molecule has 0 spiro atoms. The molecule has 1 aliphatic carbocycles. The number of ether oxygens (including phenoxy) is 1. The second kappa shape index (κ2) is 9.35. The summed E-state index contributed by atoms with van der Waals surface area (Å²) in [6, 6.07) is 10.1. The van der Waals surface area contributed by atoms with E-state index in [1.165, 1.54) is 48.8 Å². The van der Waals surface area contributed by atoms with E-state index < -0.39 is 15.9 Å². The van der Waals surface area contributed by atoms with Crippen LogP contribution in [0.25, 0.3) is 11.3 Å². The number of benzene rings is 2. The summed E-state index contributed by atoms with van der Waals surface area (Å²) in [5.74, 6) is -0.723. The Hall–Kier alpha value is -2.82. The van der Waals surface area contributed by atoms with E-state index in [1.54, 1.807) is 17.5 Å². The minimum absolute atomic E-state index is 0.0841. The second-order valence-corrected chi connectivity index (χ2v) is 10.0. The van der Waals surface area contributed by atoms with Crippen molar-refractivity contribution < 1.29 is 22.3 Å². The average Bonchev–Trinajstić information content (AvgIpc) is 3.45. The molecule has 4 rings (SSSR count). The van der Waals surface area contributed by atoms with Gasteiger partial charge in [0.25, 0.3) is 5.91 Å². The van der Waals surface area contributed by atoms with Crippen molar-refractivity contribution in [3.8, 4) is 17.0 Å². The van der Waals surface area contributed by atoms with Gasteiger partial charge in [0.05, 0.1) is 12.8 Å². The molecule has 1 saturated carbocycles. The lowest BCUT2D eigenvalue weighted by molar-refractivity contribution is 0.102. The fraction of sp³-hybridized carbons (Fsp3) is 0.273. The average molecular weight is 476 g/mol. The molecule has 7 nitrogen and oxygen atoms in total. The van der Waals surface area contributed by atoms with Crippen molar-refractivity contribution in [1.29, 1.82) is 0 Å². The third-order valence-corrected chi connectivity index (χ3v) is 7.54. The van der Waals surface area contributed by atoms with Gasteiger partial charge in [0.15, 0.2) is 5.13 Å². The zero-order valence-electron chi connectivity index (χ0n) is 17.3. The van der Waals surface area contributed by atoms with Gasteiger partial charge in [-0.3, -0.25) is 10.1 Å². The number of methoxy groups -OCH3 is 1. The molecule has 10 heteroatoms. The Morgan fingerprint density at radius 1 is 1.19 bits per heavy atom. The Morgan fingerprint density at radius 2 is 1.97 bits per heavy atom. The van der Waals surface area contributed by atoms with E-state index in [2.05, 4.69) is 15.0 Å². The van der Waals surface area contributed by atoms with Crippen molar-refractivity contribution in [1.82, 2.24) is 9.71 Å². The molecule has 1 aromatic heterocycles. The molecule has 0 atom stereocenters. The summed E-state index contributed by atoms with van der Waals surface area (Å²) in [7, 11) is -2.47. The summed E-state index contributed by atoms with van der Waals surface area (Å²) < 4.78 is 47.2. The van der Waals surface area contributed by atoms with Gasteiger partial charge in [-0.2, -0.15) is 0 Å². The number of anilines is 1. The summed E-state index contributed by atoms with van der Waals surface area (Å²) in [5, 5.41) is 4.70. The molecular weight excluding hydrogens is 453 g/mol. The van der Waals surface area contributed by atoms with Crippen LogP contribution in [0.5, 0.6) is 5.75 Å². The van der Waals surface area contributed by atoms with Gasteiger partial charge in [-0.15, -0.1) is 11.3 Å². The molecule has 1 fully saturated rings. The van der Waals surface area contributed by atoms with Gasteiger partial charge in [-0.05, 0) is 43.2 Å². The van der Waals surface area contributed by atoms with Crippen LogP contribution in [0.15, 0.2) is 52.7 Å². The molecule has 1 aliphatic rings. The van der Waals surface area contributed by atoms with Crippen LogP contribution in [0.2, 0.25) is 0 Å². The smallest absolute Gasteiger partial charge is 0.257 e. The van der Waals surface area contributed by atoms with E-state index in [1.807, 2.05) is 0 Å². The van der Waals surface area contributed by atoms with Gasteiger partial charge in [0.1, 0.15) is 16.5 Å². The van der Waals surface area contributed by atoms with Gasteiger partial charge in [0, 0.05) is 22.5 Å². The number of carbonyl (C=O) groups excluding carboxylic acids is 1. The largest absolute Gasteiger partial charge is 0.495 e. The van der Waals surface area contributed by atoms with Gasteiger partial charge in [-0.1, -0.05) is 25.0 Å². The zero-order chi connectivity index (χ0) is 22.7. The molecule has 32 heavy (non-hydrogen) atoms. The summed E-state index contributed by atoms with van der Waals surface area (Å²) in [5.41, 5.74) is 1.28. The number of aromatic nitrogens is 1. The number of amides is 1. The van der Waals surface area contributed by atoms with Crippen LogP contribution >= 0.6 is 11.3 Å².